The van der Waals surface area contributed by atoms with E-state index in [9.17, 15) is 0 Å². The molecule has 0 saturated carbocycles. The van der Waals surface area contributed by atoms with Gasteiger partial charge in [-0.25, -0.2) is 0 Å². The van der Waals surface area contributed by atoms with E-state index in [1.54, 1.807) is 0 Å². The van der Waals surface area contributed by atoms with Crippen molar-refractivity contribution in [2.24, 2.45) is 0 Å². The lowest BCUT2D eigenvalue weighted by atomic mass is 10.1. The molecular weight excluding hydrogens is 291 g/mol. The summed E-state index contributed by atoms with van der Waals surface area (Å²) in [5.74, 6) is 0. The van der Waals surface area contributed by atoms with Gasteiger partial charge in [-0.2, -0.15) is 0 Å². The Morgan fingerprint density at radius 3 is 2.80 bits per heavy atom. The second kappa shape index (κ2) is 5.39. The minimum Gasteiger partial charge on any atom is -0.379 e. The molecule has 0 bridgehead atoms. The summed E-state index contributed by atoms with van der Waals surface area (Å²) in [6.07, 6.45) is 2.00. The Balaban J connectivity index is 1.87. The molecule has 1 heterocycles. The van der Waals surface area contributed by atoms with Crippen LogP contribution in [-0.2, 0) is 6.54 Å². The Morgan fingerprint density at radius 2 is 2.00 bits per heavy atom. The number of aryl methyl sites for hydroxylation is 1. The third-order valence-corrected chi connectivity index (χ3v) is 3.96. The van der Waals surface area contributed by atoms with Crippen LogP contribution in [0, 0.1) is 6.92 Å². The van der Waals surface area contributed by atoms with Crippen LogP contribution in [0.5, 0.6) is 0 Å². The molecule has 0 aliphatic rings. The predicted molar refractivity (Wildman–Crippen MR) is 86.8 cm³/mol. The van der Waals surface area contributed by atoms with Crippen molar-refractivity contribution in [3.63, 3.8) is 0 Å². The number of halogens is 2. The molecule has 2 nitrogen and oxygen atoms in total. The molecule has 1 aromatic heterocycles. The fourth-order valence-corrected chi connectivity index (χ4v) is 2.80. The number of para-hydroxylation sites is 1. The van der Waals surface area contributed by atoms with Crippen LogP contribution < -0.4 is 5.32 Å². The van der Waals surface area contributed by atoms with Gasteiger partial charge in [0.1, 0.15) is 0 Å². The molecule has 0 radical (unpaired) electrons. The molecule has 102 valence electrons. The van der Waals surface area contributed by atoms with E-state index in [1.807, 2.05) is 49.5 Å². The Labute approximate surface area is 127 Å². The third kappa shape index (κ3) is 2.49. The Morgan fingerprint density at radius 1 is 1.15 bits per heavy atom. The zero-order valence-electron chi connectivity index (χ0n) is 11.0. The van der Waals surface area contributed by atoms with E-state index < -0.39 is 0 Å². The molecule has 0 aliphatic heterocycles. The van der Waals surface area contributed by atoms with Gasteiger partial charge in [-0.1, -0.05) is 41.4 Å². The Hall–Kier alpha value is -1.64. The zero-order valence-corrected chi connectivity index (χ0v) is 12.5. The highest BCUT2D eigenvalue weighted by molar-refractivity contribution is 6.33. The fourth-order valence-electron chi connectivity index (χ4n) is 2.34. The minimum atomic E-state index is 0.714. The molecule has 0 atom stereocenters. The molecule has 4 heteroatoms. The standard InChI is InChI=1S/C16H14Cl2N2/c1-10-3-2-4-14(18)16(10)20-9-11-8-19-15-7-12(17)5-6-13(11)15/h2-8,19-20H,9H2,1H3. The highest BCUT2D eigenvalue weighted by Gasteiger charge is 2.07. The summed E-state index contributed by atoms with van der Waals surface area (Å²) in [4.78, 5) is 3.24. The molecule has 0 aliphatic carbocycles. The van der Waals surface area contributed by atoms with Gasteiger partial charge in [0, 0.05) is 28.7 Å². The van der Waals surface area contributed by atoms with Gasteiger partial charge in [-0.3, -0.25) is 0 Å². The fraction of sp³-hybridized carbons (Fsp3) is 0.125. The topological polar surface area (TPSA) is 27.8 Å². The normalized spacial score (nSPS) is 10.9. The van der Waals surface area contributed by atoms with Crippen molar-refractivity contribution in [3.8, 4) is 0 Å². The minimum absolute atomic E-state index is 0.714. The van der Waals surface area contributed by atoms with Gasteiger partial charge in [-0.15, -0.1) is 0 Å². The number of benzene rings is 2. The highest BCUT2D eigenvalue weighted by atomic mass is 35.5. The van der Waals surface area contributed by atoms with Crippen molar-refractivity contribution in [3.05, 3.63) is 63.8 Å². The van der Waals surface area contributed by atoms with Crippen molar-refractivity contribution in [2.45, 2.75) is 13.5 Å². The first-order chi connectivity index (χ1) is 9.65. The zero-order chi connectivity index (χ0) is 14.1. The summed E-state index contributed by atoms with van der Waals surface area (Å²) in [6.45, 7) is 2.76. The predicted octanol–water partition coefficient (Wildman–Crippen LogP) is 5.40. The second-order valence-electron chi connectivity index (χ2n) is 4.79. The highest BCUT2D eigenvalue weighted by Crippen LogP contribution is 2.27. The first kappa shape index (κ1) is 13.3. The Bertz CT molecular complexity index is 742. The molecule has 0 saturated heterocycles. The number of aromatic nitrogens is 1. The third-order valence-electron chi connectivity index (χ3n) is 3.41. The number of hydrogen-bond acceptors (Lipinski definition) is 1. The van der Waals surface area contributed by atoms with Crippen molar-refractivity contribution in [1.82, 2.24) is 4.98 Å². The molecule has 0 spiro atoms. The lowest BCUT2D eigenvalue weighted by Crippen LogP contribution is -2.01. The maximum Gasteiger partial charge on any atom is 0.0640 e. The van der Waals surface area contributed by atoms with E-state index in [-0.39, 0.29) is 0 Å². The van der Waals surface area contributed by atoms with Crippen LogP contribution in [0.15, 0.2) is 42.6 Å². The molecule has 0 unspecified atom stereocenters. The number of anilines is 1. The van der Waals surface area contributed by atoms with Crippen LogP contribution in [0.4, 0.5) is 5.69 Å². The first-order valence-electron chi connectivity index (χ1n) is 6.39. The maximum absolute atomic E-state index is 6.22. The number of nitrogens with one attached hydrogen (secondary N) is 2. The van der Waals surface area contributed by atoms with Crippen LogP contribution in [-0.4, -0.2) is 4.98 Å². The van der Waals surface area contributed by atoms with Gasteiger partial charge in [0.15, 0.2) is 0 Å². The molecule has 0 fully saturated rings. The summed E-state index contributed by atoms with van der Waals surface area (Å²) >= 11 is 12.2. The van der Waals surface area contributed by atoms with Crippen molar-refractivity contribution in [1.29, 1.82) is 0 Å². The van der Waals surface area contributed by atoms with Crippen LogP contribution in [0.1, 0.15) is 11.1 Å². The van der Waals surface area contributed by atoms with Gasteiger partial charge in [0.25, 0.3) is 0 Å². The summed E-state index contributed by atoms with van der Waals surface area (Å²) < 4.78 is 0. The van der Waals surface area contributed by atoms with Crippen molar-refractivity contribution < 1.29 is 0 Å². The maximum atomic E-state index is 6.22. The number of hydrogen-bond donors (Lipinski definition) is 2. The summed E-state index contributed by atoms with van der Waals surface area (Å²) in [7, 11) is 0. The molecular formula is C16H14Cl2N2. The van der Waals surface area contributed by atoms with Crippen LogP contribution >= 0.6 is 23.2 Å². The van der Waals surface area contributed by atoms with E-state index >= 15 is 0 Å². The molecule has 3 rings (SSSR count). The van der Waals surface area contributed by atoms with Crippen LogP contribution in [0.25, 0.3) is 10.9 Å². The van der Waals surface area contributed by atoms with Gasteiger partial charge in [-0.05, 0) is 36.2 Å². The quantitative estimate of drug-likeness (QED) is 0.666. The van der Waals surface area contributed by atoms with E-state index in [2.05, 4.69) is 10.3 Å². The second-order valence-corrected chi connectivity index (χ2v) is 5.63. The monoisotopic (exact) mass is 304 g/mol. The smallest absolute Gasteiger partial charge is 0.0640 e. The van der Waals surface area contributed by atoms with Gasteiger partial charge in [0.2, 0.25) is 0 Å². The van der Waals surface area contributed by atoms with Crippen molar-refractivity contribution >= 4 is 39.8 Å². The lowest BCUT2D eigenvalue weighted by Gasteiger charge is -2.10. The molecule has 20 heavy (non-hydrogen) atoms. The SMILES string of the molecule is Cc1cccc(Cl)c1NCc1c[nH]c2cc(Cl)ccc12. The number of aromatic amines is 1. The largest absolute Gasteiger partial charge is 0.379 e. The molecule has 0 amide bonds. The molecule has 3 aromatic rings. The number of H-pyrrole nitrogens is 1. The average molecular weight is 305 g/mol. The van der Waals surface area contributed by atoms with Gasteiger partial charge >= 0.3 is 0 Å². The average Bonchev–Trinajstić information content (AvgIpc) is 2.80. The van der Waals surface area contributed by atoms with E-state index in [4.69, 9.17) is 23.2 Å². The summed E-state index contributed by atoms with van der Waals surface area (Å²) in [5, 5.41) is 6.06. The van der Waals surface area contributed by atoms with Crippen molar-refractivity contribution in [2.75, 3.05) is 5.32 Å². The number of rotatable bonds is 3. The first-order valence-corrected chi connectivity index (χ1v) is 7.15. The van der Waals surface area contributed by atoms with Crippen LogP contribution in [0.3, 0.4) is 0 Å². The van der Waals surface area contributed by atoms with Gasteiger partial charge in [0.05, 0.1) is 10.7 Å². The Kier molecular flexibility index (Phi) is 3.60. The van der Waals surface area contributed by atoms with Gasteiger partial charge < -0.3 is 10.3 Å². The summed E-state index contributed by atoms with van der Waals surface area (Å²) in [5.41, 5.74) is 4.36. The van der Waals surface area contributed by atoms with Crippen LogP contribution in [0.2, 0.25) is 10.0 Å². The van der Waals surface area contributed by atoms with E-state index in [1.165, 1.54) is 10.9 Å². The molecule has 2 N–H and O–H groups in total. The number of fused-ring (bicyclic) bond motifs is 1. The lowest BCUT2D eigenvalue weighted by molar-refractivity contribution is 1.15. The molecule has 2 aromatic carbocycles. The summed E-state index contributed by atoms with van der Waals surface area (Å²) in [6, 6.07) is 11.8. The van der Waals surface area contributed by atoms with E-state index in [0.717, 1.165) is 26.8 Å². The van der Waals surface area contributed by atoms with E-state index in [0.29, 0.717) is 6.54 Å².